The first-order valence-corrected chi connectivity index (χ1v) is 7.33. The monoisotopic (exact) mass is 311 g/mol. The molecule has 0 spiro atoms. The predicted octanol–water partition coefficient (Wildman–Crippen LogP) is 3.06. The van der Waals surface area contributed by atoms with Crippen molar-refractivity contribution in [1.29, 1.82) is 0 Å². The Balaban J connectivity index is 2.53. The Bertz CT molecular complexity index is 652. The second-order valence-electron chi connectivity index (χ2n) is 3.87. The van der Waals surface area contributed by atoms with Crippen molar-refractivity contribution < 1.29 is 0 Å². The molecule has 2 aromatic carbocycles. The van der Waals surface area contributed by atoms with E-state index < -0.39 is 0 Å². The number of hydrogen-bond acceptors (Lipinski definition) is 1. The third kappa shape index (κ3) is 1.49. The van der Waals surface area contributed by atoms with Gasteiger partial charge >= 0.3 is 98.6 Å². The molecule has 0 amide bonds. The third-order valence-electron chi connectivity index (χ3n) is 2.64. The molecule has 74 valence electrons. The molecule has 0 fully saturated rings. The minimum absolute atomic E-state index is 0.152. The Morgan fingerprint density at radius 1 is 1.07 bits per heavy atom. The summed E-state index contributed by atoms with van der Waals surface area (Å²) >= 11 is -0.152. The second-order valence-corrected chi connectivity index (χ2v) is 7.39. The Morgan fingerprint density at radius 3 is 2.80 bits per heavy atom. The van der Waals surface area contributed by atoms with Gasteiger partial charge < -0.3 is 0 Å². The fourth-order valence-electron chi connectivity index (χ4n) is 1.95. The van der Waals surface area contributed by atoms with E-state index in [2.05, 4.69) is 49.2 Å². The predicted molar refractivity (Wildman–Crippen MR) is 65.7 cm³/mol. The van der Waals surface area contributed by atoms with Gasteiger partial charge in [0.2, 0.25) is 0 Å². The van der Waals surface area contributed by atoms with E-state index in [0.29, 0.717) is 0 Å². The first-order valence-electron chi connectivity index (χ1n) is 5.00. The van der Waals surface area contributed by atoms with Crippen LogP contribution in [0.1, 0.15) is 9.27 Å². The molecule has 0 aliphatic rings. The van der Waals surface area contributed by atoms with Gasteiger partial charge in [0.25, 0.3) is 0 Å². The van der Waals surface area contributed by atoms with Crippen molar-refractivity contribution in [1.82, 2.24) is 4.98 Å². The molecule has 3 rings (SSSR count). The van der Waals surface area contributed by atoms with Crippen LogP contribution in [0.5, 0.6) is 0 Å². The molecule has 0 bridgehead atoms. The van der Waals surface area contributed by atoms with Crippen LogP contribution in [0, 0.1) is 13.8 Å². The van der Waals surface area contributed by atoms with Crippen LogP contribution in [0.15, 0.2) is 30.3 Å². The summed E-state index contributed by atoms with van der Waals surface area (Å²) in [6, 6.07) is 11.1. The molecule has 1 aromatic heterocycles. The standard InChI is InChI=1S/C13H11NTe/c1-8-3-5-11-10(7-8)4-6-12-13(11)14-9(2)15-12/h3-7H,1-2H3. The van der Waals surface area contributed by atoms with Gasteiger partial charge in [0.15, 0.2) is 0 Å². The molecule has 2 heteroatoms. The number of rotatable bonds is 0. The Kier molecular flexibility index (Phi) is 2.09. The summed E-state index contributed by atoms with van der Waals surface area (Å²) in [5.41, 5.74) is 2.56. The fourth-order valence-corrected chi connectivity index (χ4v) is 4.36. The van der Waals surface area contributed by atoms with Gasteiger partial charge in [-0.2, -0.15) is 0 Å². The molecule has 15 heavy (non-hydrogen) atoms. The average Bonchev–Trinajstić information content (AvgIpc) is 2.58. The number of aromatic nitrogens is 1. The van der Waals surface area contributed by atoms with E-state index in [1.54, 1.807) is 0 Å². The number of hydrogen-bond donors (Lipinski definition) is 0. The van der Waals surface area contributed by atoms with E-state index in [1.165, 1.54) is 29.0 Å². The maximum absolute atomic E-state index is 4.68. The molecular weight excluding hydrogens is 298 g/mol. The molecule has 0 atom stereocenters. The molecule has 1 heterocycles. The molecule has 0 N–H and O–H groups in total. The zero-order chi connectivity index (χ0) is 10.4. The van der Waals surface area contributed by atoms with Crippen molar-refractivity contribution in [2.75, 3.05) is 0 Å². The third-order valence-corrected chi connectivity index (χ3v) is 5.31. The SMILES string of the molecule is Cc1ccc2c(ccc3[te]c(C)nc32)c1. The Morgan fingerprint density at radius 2 is 1.93 bits per heavy atom. The van der Waals surface area contributed by atoms with Crippen molar-refractivity contribution in [3.63, 3.8) is 0 Å². The first-order chi connectivity index (χ1) is 7.24. The van der Waals surface area contributed by atoms with Crippen LogP contribution < -0.4 is 0 Å². The molecule has 0 saturated heterocycles. The van der Waals surface area contributed by atoms with Crippen LogP contribution in [-0.2, 0) is 0 Å². The summed E-state index contributed by atoms with van der Waals surface area (Å²) in [5.74, 6) is 0. The minimum atomic E-state index is -0.152. The van der Waals surface area contributed by atoms with Gasteiger partial charge in [-0.05, 0) is 0 Å². The van der Waals surface area contributed by atoms with Crippen LogP contribution >= 0.6 is 0 Å². The van der Waals surface area contributed by atoms with Crippen molar-refractivity contribution in [2.45, 2.75) is 13.8 Å². The average molecular weight is 309 g/mol. The summed E-state index contributed by atoms with van der Waals surface area (Å²) < 4.78 is 2.85. The summed E-state index contributed by atoms with van der Waals surface area (Å²) in [4.78, 5) is 4.68. The van der Waals surface area contributed by atoms with E-state index in [0.717, 1.165) is 0 Å². The van der Waals surface area contributed by atoms with Crippen molar-refractivity contribution in [3.8, 4) is 0 Å². The summed E-state index contributed by atoms with van der Waals surface area (Å²) in [6.07, 6.45) is 0. The molecular formula is C13H11NTe. The van der Waals surface area contributed by atoms with E-state index in [-0.39, 0.29) is 20.4 Å². The Hall–Kier alpha value is -0.840. The van der Waals surface area contributed by atoms with Gasteiger partial charge in [-0.3, -0.25) is 0 Å². The van der Waals surface area contributed by atoms with E-state index >= 15 is 0 Å². The van der Waals surface area contributed by atoms with Gasteiger partial charge in [-0.15, -0.1) is 0 Å². The van der Waals surface area contributed by atoms with Gasteiger partial charge in [0.1, 0.15) is 0 Å². The normalized spacial score (nSPS) is 11.3. The van der Waals surface area contributed by atoms with E-state index in [9.17, 15) is 0 Å². The number of benzene rings is 2. The van der Waals surface area contributed by atoms with E-state index in [4.69, 9.17) is 0 Å². The quantitative estimate of drug-likeness (QED) is 0.582. The van der Waals surface area contributed by atoms with Crippen molar-refractivity contribution in [3.05, 3.63) is 39.6 Å². The van der Waals surface area contributed by atoms with Gasteiger partial charge in [-0.1, -0.05) is 0 Å². The second kappa shape index (κ2) is 3.33. The van der Waals surface area contributed by atoms with Crippen LogP contribution in [0.2, 0.25) is 0 Å². The molecule has 1 nitrogen and oxygen atoms in total. The van der Waals surface area contributed by atoms with Crippen LogP contribution in [0.4, 0.5) is 0 Å². The number of nitrogens with zero attached hydrogens (tertiary/aromatic N) is 1. The summed E-state index contributed by atoms with van der Waals surface area (Å²) in [5, 5.41) is 2.64. The molecule has 0 unspecified atom stereocenters. The van der Waals surface area contributed by atoms with Gasteiger partial charge in [-0.25, -0.2) is 0 Å². The zero-order valence-corrected chi connectivity index (χ0v) is 11.1. The summed E-state index contributed by atoms with van der Waals surface area (Å²) in [7, 11) is 0. The molecule has 0 radical (unpaired) electrons. The van der Waals surface area contributed by atoms with Crippen LogP contribution in [0.3, 0.4) is 0 Å². The molecule has 3 aromatic rings. The maximum atomic E-state index is 4.68. The Labute approximate surface area is 98.4 Å². The number of aryl methyl sites for hydroxylation is 2. The molecule has 0 aliphatic carbocycles. The molecule has 0 aliphatic heterocycles. The van der Waals surface area contributed by atoms with Crippen molar-refractivity contribution in [2.24, 2.45) is 0 Å². The van der Waals surface area contributed by atoms with Crippen LogP contribution in [-0.4, -0.2) is 25.4 Å². The topological polar surface area (TPSA) is 12.9 Å². The molecule has 0 saturated carbocycles. The number of fused-ring (bicyclic) bond motifs is 3. The van der Waals surface area contributed by atoms with E-state index in [1.807, 2.05) is 0 Å². The summed E-state index contributed by atoms with van der Waals surface area (Å²) in [6.45, 7) is 4.29. The first kappa shape index (κ1) is 9.39. The van der Waals surface area contributed by atoms with Crippen molar-refractivity contribution >= 4 is 40.1 Å². The van der Waals surface area contributed by atoms with Gasteiger partial charge in [0, 0.05) is 0 Å². The zero-order valence-electron chi connectivity index (χ0n) is 8.74. The van der Waals surface area contributed by atoms with Crippen LogP contribution in [0.25, 0.3) is 19.7 Å². The fraction of sp³-hybridized carbons (Fsp3) is 0.154. The van der Waals surface area contributed by atoms with Gasteiger partial charge in [0.05, 0.1) is 0 Å².